The van der Waals surface area contributed by atoms with E-state index in [0.29, 0.717) is 17.1 Å². The van der Waals surface area contributed by atoms with Crippen molar-refractivity contribution < 1.29 is 9.53 Å². The maximum atomic E-state index is 12.2. The Morgan fingerprint density at radius 3 is 2.96 bits per heavy atom. The predicted molar refractivity (Wildman–Crippen MR) is 89.6 cm³/mol. The summed E-state index contributed by atoms with van der Waals surface area (Å²) in [4.78, 5) is 12.2. The molecule has 3 rings (SSSR count). The van der Waals surface area contributed by atoms with E-state index in [4.69, 9.17) is 17.0 Å². The zero-order valence-corrected chi connectivity index (χ0v) is 13.9. The molecule has 1 unspecified atom stereocenters. The first-order valence-corrected chi connectivity index (χ1v) is 8.15. The Bertz CT molecular complexity index is 729. The van der Waals surface area contributed by atoms with Crippen molar-refractivity contribution in [3.8, 4) is 11.4 Å². The molecule has 0 bridgehead atoms. The van der Waals surface area contributed by atoms with Gasteiger partial charge in [0, 0.05) is 18.7 Å². The highest BCUT2D eigenvalue weighted by Crippen LogP contribution is 2.18. The first-order valence-electron chi connectivity index (χ1n) is 7.74. The Kier molecular flexibility index (Phi) is 4.88. The fourth-order valence-electron chi connectivity index (χ4n) is 2.62. The molecule has 7 heteroatoms. The minimum atomic E-state index is -0.0913. The second kappa shape index (κ2) is 7.06. The topological polar surface area (TPSA) is 71.9 Å². The van der Waals surface area contributed by atoms with Crippen LogP contribution in [0.1, 0.15) is 18.4 Å². The van der Waals surface area contributed by atoms with Crippen LogP contribution in [-0.4, -0.2) is 39.9 Å². The van der Waals surface area contributed by atoms with Gasteiger partial charge >= 0.3 is 0 Å². The first kappa shape index (κ1) is 15.9. The molecule has 2 heterocycles. The van der Waals surface area contributed by atoms with Gasteiger partial charge < -0.3 is 10.1 Å². The molecule has 1 amide bonds. The molecule has 0 aliphatic carbocycles. The Morgan fingerprint density at radius 2 is 2.26 bits per heavy atom. The van der Waals surface area contributed by atoms with E-state index in [0.717, 1.165) is 25.0 Å². The number of aromatic amines is 1. The summed E-state index contributed by atoms with van der Waals surface area (Å²) in [5.74, 6) is 0.577. The Morgan fingerprint density at radius 1 is 1.48 bits per heavy atom. The number of carbonyl (C=O) groups excluding carboxylic acids is 1. The number of aromatic nitrogens is 3. The van der Waals surface area contributed by atoms with Crippen LogP contribution in [-0.2, 0) is 16.1 Å². The summed E-state index contributed by atoms with van der Waals surface area (Å²) >= 11 is 5.25. The average Bonchev–Trinajstić information content (AvgIpc) is 3.17. The van der Waals surface area contributed by atoms with E-state index in [1.54, 1.807) is 4.57 Å². The van der Waals surface area contributed by atoms with Crippen LogP contribution < -0.4 is 5.32 Å². The second-order valence-corrected chi connectivity index (χ2v) is 6.13. The molecule has 6 nitrogen and oxygen atoms in total. The Hall–Kier alpha value is -1.99. The predicted octanol–water partition coefficient (Wildman–Crippen LogP) is 2.21. The summed E-state index contributed by atoms with van der Waals surface area (Å²) in [6, 6.07) is 7.96. The molecule has 1 aliphatic rings. The molecule has 1 saturated heterocycles. The number of rotatable bonds is 5. The van der Waals surface area contributed by atoms with Gasteiger partial charge in [-0.05, 0) is 32.0 Å². The number of amides is 1. The molecule has 23 heavy (non-hydrogen) atoms. The van der Waals surface area contributed by atoms with Crippen LogP contribution in [0.4, 0.5) is 0 Å². The number of ether oxygens (including phenoxy) is 1. The van der Waals surface area contributed by atoms with Crippen LogP contribution in [0.2, 0.25) is 0 Å². The van der Waals surface area contributed by atoms with Crippen molar-refractivity contribution in [2.24, 2.45) is 0 Å². The van der Waals surface area contributed by atoms with Crippen molar-refractivity contribution in [2.45, 2.75) is 32.4 Å². The fraction of sp³-hybridized carbons (Fsp3) is 0.438. The van der Waals surface area contributed by atoms with Gasteiger partial charge in [-0.2, -0.15) is 5.10 Å². The van der Waals surface area contributed by atoms with Gasteiger partial charge in [-0.25, -0.2) is 0 Å². The highest BCUT2D eigenvalue weighted by Gasteiger charge is 2.17. The van der Waals surface area contributed by atoms with E-state index in [2.05, 4.69) is 15.5 Å². The minimum absolute atomic E-state index is 0.0913. The van der Waals surface area contributed by atoms with E-state index in [9.17, 15) is 4.79 Å². The summed E-state index contributed by atoms with van der Waals surface area (Å²) in [6.45, 7) is 3.50. The summed E-state index contributed by atoms with van der Waals surface area (Å²) in [7, 11) is 0. The molecule has 1 aromatic carbocycles. The molecular formula is C16H20N4O2S. The van der Waals surface area contributed by atoms with Crippen LogP contribution >= 0.6 is 12.2 Å². The third-order valence-electron chi connectivity index (χ3n) is 3.92. The monoisotopic (exact) mass is 332 g/mol. The highest BCUT2D eigenvalue weighted by atomic mass is 32.1. The first-order chi connectivity index (χ1) is 11.1. The maximum absolute atomic E-state index is 12.2. The van der Waals surface area contributed by atoms with Gasteiger partial charge in [0.05, 0.1) is 6.10 Å². The maximum Gasteiger partial charge on any atom is 0.240 e. The molecule has 1 aliphatic heterocycles. The van der Waals surface area contributed by atoms with Gasteiger partial charge in [-0.3, -0.25) is 14.5 Å². The van der Waals surface area contributed by atoms with Crippen molar-refractivity contribution in [1.29, 1.82) is 0 Å². The molecule has 1 aromatic heterocycles. The molecule has 1 atom stereocenters. The summed E-state index contributed by atoms with van der Waals surface area (Å²) in [5.41, 5.74) is 2.10. The third-order valence-corrected chi connectivity index (χ3v) is 4.23. The summed E-state index contributed by atoms with van der Waals surface area (Å²) in [6.07, 6.45) is 2.19. The largest absolute Gasteiger partial charge is 0.376 e. The molecule has 2 N–H and O–H groups in total. The fourth-order valence-corrected chi connectivity index (χ4v) is 2.82. The Labute approximate surface area is 139 Å². The van der Waals surface area contributed by atoms with Gasteiger partial charge in [0.1, 0.15) is 6.54 Å². The summed E-state index contributed by atoms with van der Waals surface area (Å²) in [5, 5.41) is 9.92. The van der Waals surface area contributed by atoms with Crippen LogP contribution in [0, 0.1) is 11.7 Å². The van der Waals surface area contributed by atoms with Crippen LogP contribution in [0.25, 0.3) is 11.4 Å². The molecule has 2 aromatic rings. The van der Waals surface area contributed by atoms with Crippen LogP contribution in [0.3, 0.4) is 0 Å². The van der Waals surface area contributed by atoms with Crippen LogP contribution in [0.15, 0.2) is 24.3 Å². The van der Waals surface area contributed by atoms with E-state index >= 15 is 0 Å². The van der Waals surface area contributed by atoms with E-state index in [1.807, 2.05) is 31.2 Å². The number of nitrogens with zero attached hydrogens (tertiary/aromatic N) is 2. The van der Waals surface area contributed by atoms with Crippen molar-refractivity contribution in [2.75, 3.05) is 13.2 Å². The minimum Gasteiger partial charge on any atom is -0.376 e. The Balaban J connectivity index is 1.69. The number of hydrogen-bond donors (Lipinski definition) is 2. The zero-order valence-electron chi connectivity index (χ0n) is 13.0. The van der Waals surface area contributed by atoms with Crippen LogP contribution in [0.5, 0.6) is 0 Å². The van der Waals surface area contributed by atoms with Gasteiger partial charge in [-0.15, -0.1) is 0 Å². The molecule has 0 saturated carbocycles. The lowest BCUT2D eigenvalue weighted by atomic mass is 10.1. The van der Waals surface area contributed by atoms with E-state index in [1.165, 1.54) is 5.56 Å². The normalized spacial score (nSPS) is 17.3. The SMILES string of the molecule is Cc1ccc(-c2n[nH]c(=S)n2CC(=O)NCC2CCCO2)cc1. The molecule has 0 radical (unpaired) electrons. The number of hydrogen-bond acceptors (Lipinski definition) is 4. The van der Waals surface area contributed by atoms with Crippen molar-refractivity contribution in [3.05, 3.63) is 34.6 Å². The van der Waals surface area contributed by atoms with Gasteiger partial charge in [-0.1, -0.05) is 29.8 Å². The number of H-pyrrole nitrogens is 1. The quantitative estimate of drug-likeness (QED) is 0.824. The smallest absolute Gasteiger partial charge is 0.240 e. The number of nitrogens with one attached hydrogen (secondary N) is 2. The zero-order chi connectivity index (χ0) is 16.2. The molecule has 0 spiro atoms. The lowest BCUT2D eigenvalue weighted by Gasteiger charge is -2.12. The highest BCUT2D eigenvalue weighted by molar-refractivity contribution is 7.71. The standard InChI is InChI=1S/C16H20N4O2S/c1-11-4-6-12(7-5-11)15-18-19-16(23)20(15)10-14(21)17-9-13-3-2-8-22-13/h4-7,13H,2-3,8-10H2,1H3,(H,17,21)(H,19,23). The molecular weight excluding hydrogens is 312 g/mol. The number of carbonyl (C=O) groups is 1. The molecule has 122 valence electrons. The van der Waals surface area contributed by atoms with E-state index in [-0.39, 0.29) is 18.6 Å². The summed E-state index contributed by atoms with van der Waals surface area (Å²) < 4.78 is 7.66. The lowest BCUT2D eigenvalue weighted by Crippen LogP contribution is -2.34. The van der Waals surface area contributed by atoms with E-state index < -0.39 is 0 Å². The van der Waals surface area contributed by atoms with Crippen molar-refractivity contribution in [1.82, 2.24) is 20.1 Å². The third kappa shape index (κ3) is 3.86. The number of aryl methyl sites for hydroxylation is 1. The van der Waals surface area contributed by atoms with Crippen molar-refractivity contribution in [3.63, 3.8) is 0 Å². The van der Waals surface area contributed by atoms with Crippen molar-refractivity contribution >= 4 is 18.1 Å². The molecule has 1 fully saturated rings. The van der Waals surface area contributed by atoms with Gasteiger partial charge in [0.15, 0.2) is 10.6 Å². The second-order valence-electron chi connectivity index (χ2n) is 5.74. The average molecular weight is 332 g/mol. The van der Waals surface area contributed by atoms with Gasteiger partial charge in [0.25, 0.3) is 0 Å². The van der Waals surface area contributed by atoms with Gasteiger partial charge in [0.2, 0.25) is 5.91 Å². The lowest BCUT2D eigenvalue weighted by molar-refractivity contribution is -0.122. The number of benzene rings is 1.